The van der Waals surface area contributed by atoms with Gasteiger partial charge in [0.1, 0.15) is 17.6 Å². The minimum absolute atomic E-state index is 0.174. The second-order valence-corrected chi connectivity index (χ2v) is 9.10. The number of halogens is 2. The number of nitrogen functional groups attached to an aromatic ring is 1. The molecule has 0 spiro atoms. The topological polar surface area (TPSA) is 76.7 Å². The number of rotatable bonds is 1. The first-order chi connectivity index (χ1) is 12.6. The van der Waals surface area contributed by atoms with Crippen LogP contribution in [0.3, 0.4) is 0 Å². The second-order valence-electron chi connectivity index (χ2n) is 8.09. The Kier molecular flexibility index (Phi) is 5.38. The number of alkyl halides is 1. The molecule has 1 unspecified atom stereocenters. The van der Waals surface area contributed by atoms with E-state index < -0.39 is 29.2 Å². The third kappa shape index (κ3) is 4.36. The molecule has 1 aromatic carbocycles. The van der Waals surface area contributed by atoms with Crippen molar-refractivity contribution in [3.63, 3.8) is 0 Å². The summed E-state index contributed by atoms with van der Waals surface area (Å²) in [7, 11) is 0. The number of aliphatic imine (C=N–C) groups is 1. The summed E-state index contributed by atoms with van der Waals surface area (Å²) in [6.07, 6.45) is -0.583. The summed E-state index contributed by atoms with van der Waals surface area (Å²) in [5, 5.41) is 3.01. The molecule has 1 saturated carbocycles. The number of ether oxygens (including phenoxy) is 1. The van der Waals surface area contributed by atoms with E-state index in [-0.39, 0.29) is 5.92 Å². The number of fused-ring (bicyclic) bond motifs is 1. The van der Waals surface area contributed by atoms with Crippen LogP contribution in [0.4, 0.5) is 19.3 Å². The number of benzene rings is 1. The lowest BCUT2D eigenvalue weighted by atomic mass is 9.69. The van der Waals surface area contributed by atoms with E-state index >= 15 is 0 Å². The molecule has 3 rings (SSSR count). The number of alkyl carbamates (subject to hydrolysis) is 1. The zero-order valence-corrected chi connectivity index (χ0v) is 16.5. The van der Waals surface area contributed by atoms with Gasteiger partial charge in [0.05, 0.1) is 5.54 Å². The highest BCUT2D eigenvalue weighted by atomic mass is 32.2. The van der Waals surface area contributed by atoms with Crippen LogP contribution in [0.1, 0.15) is 45.6 Å². The van der Waals surface area contributed by atoms with E-state index in [1.165, 1.54) is 23.9 Å². The molecule has 0 aromatic heterocycles. The second kappa shape index (κ2) is 7.30. The van der Waals surface area contributed by atoms with Gasteiger partial charge < -0.3 is 10.5 Å². The molecule has 148 valence electrons. The number of carbonyl (C=O) groups is 1. The number of nitrogens with one attached hydrogen (secondary N) is 1. The van der Waals surface area contributed by atoms with Crippen LogP contribution in [0.25, 0.3) is 0 Å². The van der Waals surface area contributed by atoms with Gasteiger partial charge in [-0.25, -0.2) is 13.6 Å². The van der Waals surface area contributed by atoms with Crippen LogP contribution in [-0.4, -0.2) is 28.8 Å². The Bertz CT molecular complexity index is 766. The minimum Gasteiger partial charge on any atom is -0.444 e. The van der Waals surface area contributed by atoms with E-state index in [0.29, 0.717) is 41.4 Å². The Labute approximate surface area is 162 Å². The van der Waals surface area contributed by atoms with E-state index in [1.54, 1.807) is 26.8 Å². The number of hydrogen-bond acceptors (Lipinski definition) is 5. The summed E-state index contributed by atoms with van der Waals surface area (Å²) in [5.74, 6) is -0.0611. The van der Waals surface area contributed by atoms with Crippen molar-refractivity contribution < 1.29 is 18.3 Å². The molecular weight excluding hydrogens is 372 g/mol. The maximum atomic E-state index is 14.7. The highest BCUT2D eigenvalue weighted by molar-refractivity contribution is 8.13. The molecule has 1 heterocycles. The Morgan fingerprint density at radius 1 is 1.44 bits per heavy atom. The molecule has 0 bridgehead atoms. The fourth-order valence-electron chi connectivity index (χ4n) is 3.69. The van der Waals surface area contributed by atoms with Gasteiger partial charge in [-0.2, -0.15) is 0 Å². The van der Waals surface area contributed by atoms with Crippen molar-refractivity contribution in [3.8, 4) is 0 Å². The first-order valence-electron chi connectivity index (χ1n) is 9.01. The van der Waals surface area contributed by atoms with Crippen LogP contribution in [0.2, 0.25) is 0 Å². The monoisotopic (exact) mass is 397 g/mol. The summed E-state index contributed by atoms with van der Waals surface area (Å²) in [6.45, 7) is 5.31. The Balaban J connectivity index is 1.97. The molecule has 5 nitrogen and oxygen atoms in total. The molecule has 1 amide bonds. The third-order valence-corrected chi connectivity index (χ3v) is 5.88. The Morgan fingerprint density at radius 3 is 2.89 bits per heavy atom. The van der Waals surface area contributed by atoms with Gasteiger partial charge in [-0.3, -0.25) is 10.3 Å². The van der Waals surface area contributed by atoms with Gasteiger partial charge in [0.15, 0.2) is 5.17 Å². The molecule has 0 saturated heterocycles. The van der Waals surface area contributed by atoms with Crippen molar-refractivity contribution in [1.29, 1.82) is 0 Å². The summed E-state index contributed by atoms with van der Waals surface area (Å²) in [6, 6.07) is 4.38. The first-order valence-corrected chi connectivity index (χ1v) is 10.00. The maximum absolute atomic E-state index is 14.7. The normalized spacial score (nSPS) is 28.1. The Morgan fingerprint density at radius 2 is 2.19 bits per heavy atom. The molecule has 1 aliphatic heterocycles. The van der Waals surface area contributed by atoms with Crippen LogP contribution in [0.5, 0.6) is 0 Å². The molecular formula is C19H25F2N3O2S. The van der Waals surface area contributed by atoms with Crippen LogP contribution in [-0.2, 0) is 10.3 Å². The molecule has 1 aliphatic carbocycles. The zero-order chi connectivity index (χ0) is 19.8. The minimum atomic E-state index is -0.933. The van der Waals surface area contributed by atoms with Crippen LogP contribution < -0.4 is 11.1 Å². The summed E-state index contributed by atoms with van der Waals surface area (Å²) in [5.41, 5.74) is 5.10. The van der Waals surface area contributed by atoms with Gasteiger partial charge in [0, 0.05) is 22.9 Å². The number of amidine groups is 1. The Hall–Kier alpha value is -1.83. The lowest BCUT2D eigenvalue weighted by Gasteiger charge is -2.45. The number of hydrogen-bond donors (Lipinski definition) is 2. The van der Waals surface area contributed by atoms with Gasteiger partial charge in [0.25, 0.3) is 0 Å². The van der Waals surface area contributed by atoms with Crippen molar-refractivity contribution in [2.45, 2.75) is 57.3 Å². The maximum Gasteiger partial charge on any atom is 0.413 e. The predicted octanol–water partition coefficient (Wildman–Crippen LogP) is 4.37. The summed E-state index contributed by atoms with van der Waals surface area (Å²) >= 11 is 1.33. The fraction of sp³-hybridized carbons (Fsp3) is 0.579. The van der Waals surface area contributed by atoms with E-state index in [0.717, 1.165) is 0 Å². The number of carbonyl (C=O) groups excluding carboxylic acids is 1. The smallest absolute Gasteiger partial charge is 0.413 e. The van der Waals surface area contributed by atoms with Crippen LogP contribution >= 0.6 is 11.8 Å². The largest absolute Gasteiger partial charge is 0.444 e. The first kappa shape index (κ1) is 19.9. The quantitative estimate of drug-likeness (QED) is 0.690. The van der Waals surface area contributed by atoms with Gasteiger partial charge in [-0.1, -0.05) is 11.8 Å². The standard InChI is InChI=1S/C19H25F2N3O2S/c1-18(2,3)26-17(25)23-16-24-19(14-9-13(22)4-5-15(14)21)7-6-12(20)8-11(19)10-27-16/h4-5,9,11-12H,6-8,10,22H2,1-3H3,(H,23,24,25)/t11-,12?,19-/m0/s1. The van der Waals surface area contributed by atoms with Gasteiger partial charge in [0.2, 0.25) is 0 Å². The van der Waals surface area contributed by atoms with E-state index in [2.05, 4.69) is 5.32 Å². The van der Waals surface area contributed by atoms with Gasteiger partial charge in [-0.15, -0.1) is 0 Å². The lowest BCUT2D eigenvalue weighted by Crippen LogP contribution is -2.47. The number of anilines is 1. The molecule has 1 fully saturated rings. The summed E-state index contributed by atoms with van der Waals surface area (Å²) in [4.78, 5) is 16.8. The fourth-order valence-corrected chi connectivity index (χ4v) is 4.85. The highest BCUT2D eigenvalue weighted by Gasteiger charge is 2.49. The number of thioether (sulfide) groups is 1. The SMILES string of the molecule is CC(C)(C)OC(=O)NC1=N[C@@]2(c3cc(N)ccc3F)CCC(F)C[C@H]2CS1. The molecule has 2 aliphatic rings. The molecule has 3 atom stereocenters. The van der Waals surface area contributed by atoms with Crippen molar-refractivity contribution in [2.24, 2.45) is 10.9 Å². The van der Waals surface area contributed by atoms with Gasteiger partial charge >= 0.3 is 6.09 Å². The number of nitrogens with zero attached hydrogens (tertiary/aromatic N) is 1. The van der Waals surface area contributed by atoms with E-state index in [1.807, 2.05) is 0 Å². The van der Waals surface area contributed by atoms with Crippen molar-refractivity contribution in [3.05, 3.63) is 29.6 Å². The third-order valence-electron chi connectivity index (χ3n) is 4.84. The van der Waals surface area contributed by atoms with Crippen LogP contribution in [0.15, 0.2) is 23.2 Å². The molecule has 0 radical (unpaired) electrons. The van der Waals surface area contributed by atoms with Gasteiger partial charge in [-0.05, 0) is 58.2 Å². The van der Waals surface area contributed by atoms with E-state index in [4.69, 9.17) is 15.5 Å². The molecule has 3 N–H and O–H groups in total. The zero-order valence-electron chi connectivity index (χ0n) is 15.7. The number of amides is 1. The van der Waals surface area contributed by atoms with Crippen molar-refractivity contribution in [2.75, 3.05) is 11.5 Å². The highest BCUT2D eigenvalue weighted by Crippen LogP contribution is 2.50. The average molecular weight is 397 g/mol. The predicted molar refractivity (Wildman–Crippen MR) is 104 cm³/mol. The van der Waals surface area contributed by atoms with Crippen molar-refractivity contribution >= 4 is 28.7 Å². The average Bonchev–Trinajstić information content (AvgIpc) is 2.55. The van der Waals surface area contributed by atoms with Crippen LogP contribution in [0, 0.1) is 11.7 Å². The number of nitrogens with two attached hydrogens (primary N) is 1. The molecule has 27 heavy (non-hydrogen) atoms. The lowest BCUT2D eigenvalue weighted by molar-refractivity contribution is 0.0562. The van der Waals surface area contributed by atoms with E-state index in [9.17, 15) is 13.6 Å². The molecule has 8 heteroatoms. The molecule has 1 aromatic rings. The van der Waals surface area contributed by atoms with Crippen molar-refractivity contribution in [1.82, 2.24) is 5.32 Å². The summed E-state index contributed by atoms with van der Waals surface area (Å²) < 4.78 is 34.0.